The van der Waals surface area contributed by atoms with Crippen molar-refractivity contribution in [1.82, 2.24) is 9.88 Å². The van der Waals surface area contributed by atoms with E-state index in [0.29, 0.717) is 10.8 Å². The Labute approximate surface area is 148 Å². The van der Waals surface area contributed by atoms with E-state index in [1.165, 1.54) is 11.1 Å². The number of aromatic nitrogens is 1. The molecular formula is C16H17ClN2O4S. The number of thiazole rings is 1. The molecule has 2 aromatic rings. The summed E-state index contributed by atoms with van der Waals surface area (Å²) in [5, 5.41) is 9.79. The molecule has 2 rings (SSSR count). The molecule has 0 saturated heterocycles. The molecule has 128 valence electrons. The van der Waals surface area contributed by atoms with E-state index in [0.717, 1.165) is 16.9 Å². The van der Waals surface area contributed by atoms with E-state index in [4.69, 9.17) is 16.3 Å². The van der Waals surface area contributed by atoms with Crippen LogP contribution in [0.3, 0.4) is 0 Å². The number of amides is 1. The highest BCUT2D eigenvalue weighted by Crippen LogP contribution is 2.29. The van der Waals surface area contributed by atoms with Gasteiger partial charge in [0.2, 0.25) is 0 Å². The van der Waals surface area contributed by atoms with E-state index in [2.05, 4.69) is 4.98 Å². The average Bonchev–Trinajstić information content (AvgIpc) is 2.99. The number of halogens is 1. The molecule has 0 saturated carbocycles. The standard InChI is InChI=1S/C16H17ClN2O4S/c1-2-8-19(13(15(20)21)14-18-9-12(17)24-14)16(22)23-10-11-6-4-3-5-7-11/h3-7,9,13H,2,8,10H2,1H3,(H,20,21). The Kier molecular flexibility index (Phi) is 6.57. The number of carbonyl (C=O) groups is 2. The molecule has 0 aliphatic carbocycles. The minimum atomic E-state index is -1.22. The Morgan fingerprint density at radius 1 is 1.38 bits per heavy atom. The number of hydrogen-bond acceptors (Lipinski definition) is 5. The second-order valence-electron chi connectivity index (χ2n) is 4.98. The van der Waals surface area contributed by atoms with Gasteiger partial charge in [-0.1, -0.05) is 48.9 Å². The maximum Gasteiger partial charge on any atom is 0.411 e. The summed E-state index contributed by atoms with van der Waals surface area (Å²) in [5.41, 5.74) is 0.825. The molecule has 1 aromatic heterocycles. The summed E-state index contributed by atoms with van der Waals surface area (Å²) in [6.07, 6.45) is 1.26. The van der Waals surface area contributed by atoms with Gasteiger partial charge < -0.3 is 9.84 Å². The van der Waals surface area contributed by atoms with E-state index >= 15 is 0 Å². The predicted octanol–water partition coefficient (Wildman–Crippen LogP) is 3.97. The van der Waals surface area contributed by atoms with Crippen LogP contribution in [0.2, 0.25) is 4.34 Å². The smallest absolute Gasteiger partial charge is 0.411 e. The first-order valence-corrected chi connectivity index (χ1v) is 8.53. The van der Waals surface area contributed by atoms with Gasteiger partial charge in [-0.05, 0) is 12.0 Å². The Balaban J connectivity index is 2.15. The van der Waals surface area contributed by atoms with Crippen LogP contribution in [-0.2, 0) is 16.1 Å². The van der Waals surface area contributed by atoms with Crippen molar-refractivity contribution < 1.29 is 19.4 Å². The minimum absolute atomic E-state index is 0.0743. The van der Waals surface area contributed by atoms with Gasteiger partial charge in [-0.15, -0.1) is 11.3 Å². The molecule has 8 heteroatoms. The largest absolute Gasteiger partial charge is 0.479 e. The van der Waals surface area contributed by atoms with Gasteiger partial charge in [0.1, 0.15) is 16.0 Å². The Morgan fingerprint density at radius 3 is 2.62 bits per heavy atom. The number of carboxylic acids is 1. The number of ether oxygens (including phenoxy) is 1. The van der Waals surface area contributed by atoms with Crippen molar-refractivity contribution in [2.75, 3.05) is 6.54 Å². The number of nitrogens with zero attached hydrogens (tertiary/aromatic N) is 2. The Hall–Kier alpha value is -2.12. The zero-order valence-corrected chi connectivity index (χ0v) is 14.6. The average molecular weight is 369 g/mol. The molecule has 0 radical (unpaired) electrons. The van der Waals surface area contributed by atoms with Crippen molar-refractivity contribution in [2.24, 2.45) is 0 Å². The van der Waals surface area contributed by atoms with Crippen LogP contribution in [0.5, 0.6) is 0 Å². The Bertz CT molecular complexity index is 692. The van der Waals surface area contributed by atoms with Gasteiger partial charge in [0.15, 0.2) is 6.04 Å². The van der Waals surface area contributed by atoms with Gasteiger partial charge in [0.05, 0.1) is 6.20 Å². The first-order chi connectivity index (χ1) is 11.5. The summed E-state index contributed by atoms with van der Waals surface area (Å²) < 4.78 is 5.64. The maximum atomic E-state index is 12.4. The fourth-order valence-electron chi connectivity index (χ4n) is 2.13. The number of benzene rings is 1. The van der Waals surface area contributed by atoms with Crippen molar-refractivity contribution in [3.63, 3.8) is 0 Å². The van der Waals surface area contributed by atoms with E-state index in [1.807, 2.05) is 37.3 Å². The highest BCUT2D eigenvalue weighted by atomic mass is 35.5. The highest BCUT2D eigenvalue weighted by Gasteiger charge is 2.34. The molecule has 1 unspecified atom stereocenters. The van der Waals surface area contributed by atoms with Crippen molar-refractivity contribution in [3.8, 4) is 0 Å². The van der Waals surface area contributed by atoms with Crippen LogP contribution in [-0.4, -0.2) is 33.6 Å². The van der Waals surface area contributed by atoms with Gasteiger partial charge >= 0.3 is 12.1 Å². The third-order valence-electron chi connectivity index (χ3n) is 3.18. The summed E-state index contributed by atoms with van der Waals surface area (Å²) in [5.74, 6) is -1.17. The summed E-state index contributed by atoms with van der Waals surface area (Å²) in [4.78, 5) is 29.3. The van der Waals surface area contributed by atoms with Crippen LogP contribution in [0.25, 0.3) is 0 Å². The number of aliphatic carboxylic acids is 1. The molecule has 1 amide bonds. The van der Waals surface area contributed by atoms with Gasteiger partial charge in [0, 0.05) is 6.54 Å². The molecule has 6 nitrogen and oxygen atoms in total. The third-order valence-corrected chi connectivity index (χ3v) is 4.35. The highest BCUT2D eigenvalue weighted by molar-refractivity contribution is 7.16. The van der Waals surface area contributed by atoms with E-state index in [-0.39, 0.29) is 18.2 Å². The topological polar surface area (TPSA) is 79.7 Å². The van der Waals surface area contributed by atoms with Crippen molar-refractivity contribution in [3.05, 3.63) is 51.4 Å². The molecule has 0 fully saturated rings. The first-order valence-electron chi connectivity index (χ1n) is 7.34. The molecule has 0 bridgehead atoms. The van der Waals surface area contributed by atoms with Crippen LogP contribution in [0.4, 0.5) is 4.79 Å². The monoisotopic (exact) mass is 368 g/mol. The van der Waals surface area contributed by atoms with Crippen LogP contribution >= 0.6 is 22.9 Å². The maximum absolute atomic E-state index is 12.4. The lowest BCUT2D eigenvalue weighted by atomic mass is 10.2. The van der Waals surface area contributed by atoms with Crippen LogP contribution in [0, 0.1) is 0 Å². The van der Waals surface area contributed by atoms with Crippen LogP contribution < -0.4 is 0 Å². The summed E-state index contributed by atoms with van der Waals surface area (Å²) in [6.45, 7) is 2.16. The number of rotatable bonds is 7. The normalized spacial score (nSPS) is 11.8. The number of hydrogen-bond donors (Lipinski definition) is 1. The Morgan fingerprint density at radius 2 is 2.08 bits per heavy atom. The molecular weight excluding hydrogens is 352 g/mol. The minimum Gasteiger partial charge on any atom is -0.479 e. The lowest BCUT2D eigenvalue weighted by molar-refractivity contribution is -0.143. The van der Waals surface area contributed by atoms with Crippen LogP contribution in [0.15, 0.2) is 36.5 Å². The quantitative estimate of drug-likeness (QED) is 0.799. The zero-order chi connectivity index (χ0) is 17.5. The summed E-state index contributed by atoms with van der Waals surface area (Å²) in [7, 11) is 0. The summed E-state index contributed by atoms with van der Waals surface area (Å²) in [6, 6.07) is 7.97. The van der Waals surface area contributed by atoms with E-state index in [1.54, 1.807) is 0 Å². The van der Waals surface area contributed by atoms with Crippen molar-refractivity contribution in [1.29, 1.82) is 0 Å². The predicted molar refractivity (Wildman–Crippen MR) is 91.1 cm³/mol. The molecule has 24 heavy (non-hydrogen) atoms. The van der Waals surface area contributed by atoms with Crippen LogP contribution in [0.1, 0.15) is 30.0 Å². The van der Waals surface area contributed by atoms with Gasteiger partial charge in [-0.2, -0.15) is 0 Å². The molecule has 1 heterocycles. The number of carboxylic acid groups (broad SMARTS) is 1. The summed E-state index contributed by atoms with van der Waals surface area (Å²) >= 11 is 6.87. The van der Waals surface area contributed by atoms with E-state index < -0.39 is 18.1 Å². The van der Waals surface area contributed by atoms with E-state index in [9.17, 15) is 14.7 Å². The third kappa shape index (κ3) is 4.69. The molecule has 1 atom stereocenters. The van der Waals surface area contributed by atoms with Crippen molar-refractivity contribution in [2.45, 2.75) is 26.0 Å². The fourth-order valence-corrected chi connectivity index (χ4v) is 3.17. The van der Waals surface area contributed by atoms with Crippen molar-refractivity contribution >= 4 is 35.0 Å². The lowest BCUT2D eigenvalue weighted by Crippen LogP contribution is -2.39. The second-order valence-corrected chi connectivity index (χ2v) is 6.67. The second kappa shape index (κ2) is 8.65. The SMILES string of the molecule is CCCN(C(=O)OCc1ccccc1)C(C(=O)O)c1ncc(Cl)s1. The fraction of sp³-hybridized carbons (Fsp3) is 0.312. The lowest BCUT2D eigenvalue weighted by Gasteiger charge is -2.26. The molecule has 1 aromatic carbocycles. The number of carbonyl (C=O) groups excluding carboxylic acids is 1. The molecule has 0 spiro atoms. The van der Waals surface area contributed by atoms with Gasteiger partial charge in [-0.25, -0.2) is 14.6 Å². The molecule has 0 aliphatic heterocycles. The molecule has 0 aliphatic rings. The molecule has 1 N–H and O–H groups in total. The van der Waals surface area contributed by atoms with Gasteiger partial charge in [0.25, 0.3) is 0 Å². The van der Waals surface area contributed by atoms with Gasteiger partial charge in [-0.3, -0.25) is 4.90 Å². The zero-order valence-electron chi connectivity index (χ0n) is 13.0. The first kappa shape index (κ1) is 18.2.